The smallest absolute Gasteiger partial charge is 0.162 e. The Morgan fingerprint density at radius 1 is 1.41 bits per heavy atom. The molecule has 0 saturated heterocycles. The topological polar surface area (TPSA) is 58.7 Å². The number of benzene rings is 1. The third kappa shape index (κ3) is 4.24. The maximum atomic E-state index is 10.0. The van der Waals surface area contributed by atoms with E-state index in [1.165, 1.54) is 0 Å². The molecule has 4 heteroatoms. The minimum Gasteiger partial charge on any atom is -0.504 e. The van der Waals surface area contributed by atoms with Gasteiger partial charge in [-0.3, -0.25) is 0 Å². The van der Waals surface area contributed by atoms with Crippen molar-refractivity contribution in [3.05, 3.63) is 23.8 Å². The number of ether oxygens (including phenoxy) is 1. The lowest BCUT2D eigenvalue weighted by molar-refractivity contribution is 0.300. The van der Waals surface area contributed by atoms with Crippen LogP contribution in [-0.4, -0.2) is 36.8 Å². The van der Waals surface area contributed by atoms with Crippen molar-refractivity contribution < 1.29 is 9.84 Å². The lowest BCUT2D eigenvalue weighted by atomic mass is 10.1. The van der Waals surface area contributed by atoms with Crippen LogP contribution in [0.2, 0.25) is 0 Å². The Morgan fingerprint density at radius 3 is 2.82 bits per heavy atom. The molecular weight excluding hydrogens is 216 g/mol. The molecule has 0 aliphatic rings. The van der Waals surface area contributed by atoms with Crippen molar-refractivity contribution in [2.75, 3.05) is 26.7 Å². The molecule has 0 amide bonds. The van der Waals surface area contributed by atoms with E-state index in [-0.39, 0.29) is 5.75 Å². The molecule has 0 aromatic heterocycles. The van der Waals surface area contributed by atoms with Gasteiger partial charge in [0.25, 0.3) is 0 Å². The predicted molar refractivity (Wildman–Crippen MR) is 69.3 cm³/mol. The molecule has 3 N–H and O–H groups in total. The summed E-state index contributed by atoms with van der Waals surface area (Å²) in [5, 5.41) is 10.0. The van der Waals surface area contributed by atoms with Crippen molar-refractivity contribution in [2.24, 2.45) is 5.73 Å². The SMILES string of the molecule is CCOc1cccc(CN(C)CCCN)c1O. The van der Waals surface area contributed by atoms with Crippen LogP contribution in [0.4, 0.5) is 0 Å². The molecule has 0 saturated carbocycles. The Balaban J connectivity index is 2.67. The van der Waals surface area contributed by atoms with Gasteiger partial charge in [0.2, 0.25) is 0 Å². The van der Waals surface area contributed by atoms with Crippen molar-refractivity contribution in [1.29, 1.82) is 0 Å². The third-order valence-corrected chi connectivity index (χ3v) is 2.57. The molecule has 0 fully saturated rings. The Bertz CT molecular complexity index is 342. The molecule has 0 unspecified atom stereocenters. The van der Waals surface area contributed by atoms with Gasteiger partial charge in [0.15, 0.2) is 11.5 Å². The minimum absolute atomic E-state index is 0.244. The van der Waals surface area contributed by atoms with Gasteiger partial charge in [0.05, 0.1) is 6.61 Å². The van der Waals surface area contributed by atoms with E-state index in [2.05, 4.69) is 4.90 Å². The van der Waals surface area contributed by atoms with E-state index in [9.17, 15) is 5.11 Å². The first-order valence-electron chi connectivity index (χ1n) is 6.01. The van der Waals surface area contributed by atoms with Gasteiger partial charge in [0.1, 0.15) is 0 Å². The third-order valence-electron chi connectivity index (χ3n) is 2.57. The van der Waals surface area contributed by atoms with Crippen LogP contribution in [0.5, 0.6) is 11.5 Å². The average molecular weight is 238 g/mol. The number of phenols is 1. The highest BCUT2D eigenvalue weighted by molar-refractivity contribution is 5.45. The number of rotatable bonds is 7. The molecule has 0 bridgehead atoms. The minimum atomic E-state index is 0.244. The largest absolute Gasteiger partial charge is 0.504 e. The molecule has 0 heterocycles. The van der Waals surface area contributed by atoms with Crippen molar-refractivity contribution in [1.82, 2.24) is 4.90 Å². The second-order valence-corrected chi connectivity index (χ2v) is 4.08. The van der Waals surface area contributed by atoms with Crippen LogP contribution in [0.15, 0.2) is 18.2 Å². The summed E-state index contributed by atoms with van der Waals surface area (Å²) in [4.78, 5) is 2.14. The van der Waals surface area contributed by atoms with E-state index in [1.54, 1.807) is 6.07 Å². The number of phenolic OH excluding ortho intramolecular Hbond substituents is 1. The average Bonchev–Trinajstić information content (AvgIpc) is 2.32. The number of aromatic hydroxyl groups is 1. The summed E-state index contributed by atoms with van der Waals surface area (Å²) in [6.45, 7) is 4.77. The normalized spacial score (nSPS) is 10.8. The van der Waals surface area contributed by atoms with Gasteiger partial charge in [-0.05, 0) is 39.5 Å². The summed E-state index contributed by atoms with van der Waals surface area (Å²) >= 11 is 0. The zero-order valence-electron chi connectivity index (χ0n) is 10.6. The summed E-state index contributed by atoms with van der Waals surface area (Å²) in [6, 6.07) is 5.59. The van der Waals surface area contributed by atoms with E-state index >= 15 is 0 Å². The van der Waals surface area contributed by atoms with Crippen LogP contribution in [0.3, 0.4) is 0 Å². The van der Waals surface area contributed by atoms with Gasteiger partial charge in [-0.25, -0.2) is 0 Å². The number of hydrogen-bond donors (Lipinski definition) is 2. The van der Waals surface area contributed by atoms with E-state index in [1.807, 2.05) is 26.1 Å². The Labute approximate surface area is 103 Å². The number of nitrogens with two attached hydrogens (primary N) is 1. The lowest BCUT2D eigenvalue weighted by Gasteiger charge is -2.18. The summed E-state index contributed by atoms with van der Waals surface area (Å²) in [5.74, 6) is 0.797. The highest BCUT2D eigenvalue weighted by Crippen LogP contribution is 2.30. The molecule has 4 nitrogen and oxygen atoms in total. The zero-order chi connectivity index (χ0) is 12.7. The molecule has 0 atom stereocenters. The van der Waals surface area contributed by atoms with Crippen LogP contribution in [0.25, 0.3) is 0 Å². The summed E-state index contributed by atoms with van der Waals surface area (Å²) in [7, 11) is 2.02. The van der Waals surface area contributed by atoms with Gasteiger partial charge in [-0.1, -0.05) is 12.1 Å². The fourth-order valence-electron chi connectivity index (χ4n) is 1.70. The molecule has 1 rings (SSSR count). The molecule has 1 aromatic carbocycles. The number of hydrogen-bond acceptors (Lipinski definition) is 4. The number of para-hydroxylation sites is 1. The first-order chi connectivity index (χ1) is 8.19. The van der Waals surface area contributed by atoms with E-state index in [4.69, 9.17) is 10.5 Å². The first kappa shape index (κ1) is 13.8. The zero-order valence-corrected chi connectivity index (χ0v) is 10.6. The maximum Gasteiger partial charge on any atom is 0.162 e. The summed E-state index contributed by atoms with van der Waals surface area (Å²) < 4.78 is 5.35. The van der Waals surface area contributed by atoms with Crippen molar-refractivity contribution in [3.8, 4) is 11.5 Å². The first-order valence-corrected chi connectivity index (χ1v) is 6.01. The second-order valence-electron chi connectivity index (χ2n) is 4.08. The molecular formula is C13H22N2O2. The molecule has 0 spiro atoms. The predicted octanol–water partition coefficient (Wildman–Crippen LogP) is 1.57. The molecule has 0 aliphatic carbocycles. The Hall–Kier alpha value is -1.26. The van der Waals surface area contributed by atoms with Crippen LogP contribution in [0, 0.1) is 0 Å². The summed E-state index contributed by atoms with van der Waals surface area (Å²) in [5.41, 5.74) is 6.35. The Kier molecular flexibility index (Phi) is 5.80. The van der Waals surface area contributed by atoms with E-state index < -0.39 is 0 Å². The van der Waals surface area contributed by atoms with Crippen LogP contribution < -0.4 is 10.5 Å². The monoisotopic (exact) mass is 238 g/mol. The summed E-state index contributed by atoms with van der Waals surface area (Å²) in [6.07, 6.45) is 0.961. The highest BCUT2D eigenvalue weighted by atomic mass is 16.5. The van der Waals surface area contributed by atoms with Crippen molar-refractivity contribution in [3.63, 3.8) is 0 Å². The lowest BCUT2D eigenvalue weighted by Crippen LogP contribution is -2.21. The Morgan fingerprint density at radius 2 is 2.18 bits per heavy atom. The van der Waals surface area contributed by atoms with Crippen LogP contribution >= 0.6 is 0 Å². The van der Waals surface area contributed by atoms with Crippen LogP contribution in [-0.2, 0) is 6.54 Å². The van der Waals surface area contributed by atoms with Crippen LogP contribution in [0.1, 0.15) is 18.9 Å². The maximum absolute atomic E-state index is 10.0. The van der Waals surface area contributed by atoms with Gasteiger partial charge >= 0.3 is 0 Å². The quantitative estimate of drug-likeness (QED) is 0.757. The van der Waals surface area contributed by atoms with E-state index in [0.717, 1.165) is 18.5 Å². The fourth-order valence-corrected chi connectivity index (χ4v) is 1.70. The fraction of sp³-hybridized carbons (Fsp3) is 0.538. The van der Waals surface area contributed by atoms with E-state index in [0.29, 0.717) is 25.4 Å². The van der Waals surface area contributed by atoms with Gasteiger partial charge < -0.3 is 20.5 Å². The standard InChI is InChI=1S/C13H22N2O2/c1-3-17-12-7-4-6-11(13(12)16)10-15(2)9-5-8-14/h4,6-7,16H,3,5,8-10,14H2,1-2H3. The number of nitrogens with zero attached hydrogens (tertiary/aromatic N) is 1. The van der Waals surface area contributed by atoms with Crippen molar-refractivity contribution in [2.45, 2.75) is 19.9 Å². The molecule has 17 heavy (non-hydrogen) atoms. The van der Waals surface area contributed by atoms with Crippen molar-refractivity contribution >= 4 is 0 Å². The molecule has 0 radical (unpaired) electrons. The van der Waals surface area contributed by atoms with Gasteiger partial charge in [-0.15, -0.1) is 0 Å². The molecule has 1 aromatic rings. The van der Waals surface area contributed by atoms with Gasteiger partial charge in [0, 0.05) is 12.1 Å². The molecule has 0 aliphatic heterocycles. The second kappa shape index (κ2) is 7.14. The van der Waals surface area contributed by atoms with Gasteiger partial charge in [-0.2, -0.15) is 0 Å². The molecule has 96 valence electrons. The highest BCUT2D eigenvalue weighted by Gasteiger charge is 2.09.